The molecule has 0 saturated carbocycles. The number of rotatable bonds is 3. The number of anilines is 2. The smallest absolute Gasteiger partial charge is 0.257 e. The normalized spacial score (nSPS) is 17.5. The van der Waals surface area contributed by atoms with Crippen LogP contribution >= 0.6 is 11.6 Å². The zero-order chi connectivity index (χ0) is 15.5. The van der Waals surface area contributed by atoms with Gasteiger partial charge in [-0.3, -0.25) is 4.79 Å². The molecule has 1 aliphatic rings. The highest BCUT2D eigenvalue weighted by Gasteiger charge is 2.21. The number of aliphatic hydroxyl groups excluding tert-OH is 1. The van der Waals surface area contributed by atoms with Gasteiger partial charge in [-0.15, -0.1) is 0 Å². The largest absolute Gasteiger partial charge is 0.391 e. The van der Waals surface area contributed by atoms with Crippen molar-refractivity contribution < 1.29 is 9.90 Å². The summed E-state index contributed by atoms with van der Waals surface area (Å²) in [5.41, 5.74) is 1.12. The second-order valence-electron chi connectivity index (χ2n) is 5.26. The van der Waals surface area contributed by atoms with Gasteiger partial charge in [0.2, 0.25) is 0 Å². The molecule has 2 heterocycles. The summed E-state index contributed by atoms with van der Waals surface area (Å²) in [6, 6.07) is 10.5. The van der Waals surface area contributed by atoms with Crippen molar-refractivity contribution in [3.05, 3.63) is 53.2 Å². The standard InChI is InChI=1S/C16H16ClN3O2/c17-12-2-1-3-13(8-12)19-16(22)11-4-5-15(18-9-11)20-7-6-14(21)10-20/h1-5,8-9,14,21H,6-7,10H2,(H,19,22)/t14-/m0/s1. The van der Waals surface area contributed by atoms with Crippen LogP contribution in [0.1, 0.15) is 16.8 Å². The van der Waals surface area contributed by atoms with Crippen molar-refractivity contribution in [1.29, 1.82) is 0 Å². The molecule has 0 aliphatic carbocycles. The van der Waals surface area contributed by atoms with E-state index >= 15 is 0 Å². The van der Waals surface area contributed by atoms with Crippen LogP contribution in [0.3, 0.4) is 0 Å². The Labute approximate surface area is 133 Å². The molecule has 114 valence electrons. The summed E-state index contributed by atoms with van der Waals surface area (Å²) in [6.07, 6.45) is 1.99. The molecule has 1 aromatic heterocycles. The van der Waals surface area contributed by atoms with E-state index in [1.54, 1.807) is 42.6 Å². The fourth-order valence-corrected chi connectivity index (χ4v) is 2.62. The topological polar surface area (TPSA) is 65.5 Å². The van der Waals surface area contributed by atoms with Gasteiger partial charge in [0, 0.05) is 30.0 Å². The number of halogens is 1. The third-order valence-electron chi connectivity index (χ3n) is 3.58. The molecule has 1 saturated heterocycles. The number of nitrogens with one attached hydrogen (secondary N) is 1. The van der Waals surface area contributed by atoms with Gasteiger partial charge in [0.05, 0.1) is 11.7 Å². The number of carbonyl (C=O) groups is 1. The zero-order valence-electron chi connectivity index (χ0n) is 11.9. The molecule has 2 N–H and O–H groups in total. The number of carbonyl (C=O) groups excluding carboxylic acids is 1. The summed E-state index contributed by atoms with van der Waals surface area (Å²) in [4.78, 5) is 18.5. The van der Waals surface area contributed by atoms with E-state index in [2.05, 4.69) is 10.3 Å². The van der Waals surface area contributed by atoms with Crippen molar-refractivity contribution in [1.82, 2.24) is 4.98 Å². The molecule has 1 atom stereocenters. The van der Waals surface area contributed by atoms with E-state index in [0.717, 1.165) is 18.8 Å². The lowest BCUT2D eigenvalue weighted by Gasteiger charge is -2.16. The zero-order valence-corrected chi connectivity index (χ0v) is 12.6. The summed E-state index contributed by atoms with van der Waals surface area (Å²) >= 11 is 5.89. The van der Waals surface area contributed by atoms with E-state index in [9.17, 15) is 9.90 Å². The maximum absolute atomic E-state index is 12.2. The van der Waals surface area contributed by atoms with Crippen molar-refractivity contribution in [3.8, 4) is 0 Å². The van der Waals surface area contributed by atoms with Gasteiger partial charge in [0.1, 0.15) is 5.82 Å². The summed E-state index contributed by atoms with van der Waals surface area (Å²) in [5.74, 6) is 0.540. The Kier molecular flexibility index (Phi) is 4.27. The minimum atomic E-state index is -0.299. The van der Waals surface area contributed by atoms with Crippen LogP contribution in [-0.2, 0) is 0 Å². The first-order valence-electron chi connectivity index (χ1n) is 7.08. The maximum Gasteiger partial charge on any atom is 0.257 e. The monoisotopic (exact) mass is 317 g/mol. The molecule has 1 aromatic carbocycles. The molecule has 1 aliphatic heterocycles. The fourth-order valence-electron chi connectivity index (χ4n) is 2.43. The molecule has 0 radical (unpaired) electrons. The molecule has 22 heavy (non-hydrogen) atoms. The first-order chi connectivity index (χ1) is 10.6. The lowest BCUT2D eigenvalue weighted by molar-refractivity contribution is 0.102. The van der Waals surface area contributed by atoms with Gasteiger partial charge in [-0.25, -0.2) is 4.98 Å². The Morgan fingerprint density at radius 1 is 1.36 bits per heavy atom. The Hall–Kier alpha value is -2.11. The lowest BCUT2D eigenvalue weighted by atomic mass is 10.2. The quantitative estimate of drug-likeness (QED) is 0.913. The predicted octanol–water partition coefficient (Wildman–Crippen LogP) is 2.56. The van der Waals surface area contributed by atoms with Crippen molar-refractivity contribution >= 4 is 29.0 Å². The van der Waals surface area contributed by atoms with Crippen LogP contribution in [0.2, 0.25) is 5.02 Å². The average molecular weight is 318 g/mol. The van der Waals surface area contributed by atoms with Gasteiger partial charge in [0.15, 0.2) is 0 Å². The fraction of sp³-hybridized carbons (Fsp3) is 0.250. The van der Waals surface area contributed by atoms with Crippen LogP contribution in [0.15, 0.2) is 42.6 Å². The number of β-amino-alcohol motifs (C(OH)–C–C–N with tert-alkyl or cyclic N) is 1. The van der Waals surface area contributed by atoms with Crippen LogP contribution in [0.4, 0.5) is 11.5 Å². The molecule has 6 heteroatoms. The van der Waals surface area contributed by atoms with Crippen molar-refractivity contribution in [2.24, 2.45) is 0 Å². The van der Waals surface area contributed by atoms with E-state index in [1.165, 1.54) is 0 Å². The van der Waals surface area contributed by atoms with Crippen molar-refractivity contribution in [2.45, 2.75) is 12.5 Å². The first kappa shape index (κ1) is 14.8. The molecule has 3 rings (SSSR count). The van der Waals surface area contributed by atoms with Crippen LogP contribution in [0.25, 0.3) is 0 Å². The molecule has 2 aromatic rings. The van der Waals surface area contributed by atoms with Gasteiger partial charge in [-0.2, -0.15) is 0 Å². The lowest BCUT2D eigenvalue weighted by Crippen LogP contribution is -2.22. The number of amides is 1. The van der Waals surface area contributed by atoms with Gasteiger partial charge in [0.25, 0.3) is 5.91 Å². The molecule has 1 amide bonds. The van der Waals surface area contributed by atoms with E-state index in [4.69, 9.17) is 11.6 Å². The number of benzene rings is 1. The van der Waals surface area contributed by atoms with Gasteiger partial charge < -0.3 is 15.3 Å². The molecule has 0 bridgehead atoms. The molecule has 0 spiro atoms. The van der Waals surface area contributed by atoms with Gasteiger partial charge >= 0.3 is 0 Å². The first-order valence-corrected chi connectivity index (χ1v) is 7.45. The minimum absolute atomic E-state index is 0.234. The minimum Gasteiger partial charge on any atom is -0.391 e. The SMILES string of the molecule is O=C(Nc1cccc(Cl)c1)c1ccc(N2CC[C@H](O)C2)nc1. The number of nitrogens with zero attached hydrogens (tertiary/aromatic N) is 2. The number of aromatic nitrogens is 1. The Morgan fingerprint density at radius 2 is 2.23 bits per heavy atom. The third kappa shape index (κ3) is 3.37. The van der Waals surface area contributed by atoms with Crippen LogP contribution in [0.5, 0.6) is 0 Å². The van der Waals surface area contributed by atoms with E-state index in [-0.39, 0.29) is 12.0 Å². The number of hydrogen-bond acceptors (Lipinski definition) is 4. The Morgan fingerprint density at radius 3 is 2.86 bits per heavy atom. The van der Waals surface area contributed by atoms with E-state index in [1.807, 2.05) is 4.90 Å². The summed E-state index contributed by atoms with van der Waals surface area (Å²) in [6.45, 7) is 1.36. The summed E-state index contributed by atoms with van der Waals surface area (Å²) in [5, 5.41) is 12.9. The molecule has 0 unspecified atom stereocenters. The predicted molar refractivity (Wildman–Crippen MR) is 86.5 cm³/mol. The highest BCUT2D eigenvalue weighted by molar-refractivity contribution is 6.30. The van der Waals surface area contributed by atoms with Crippen molar-refractivity contribution in [2.75, 3.05) is 23.3 Å². The summed E-state index contributed by atoms with van der Waals surface area (Å²) < 4.78 is 0. The van der Waals surface area contributed by atoms with Gasteiger partial charge in [-0.1, -0.05) is 17.7 Å². The number of pyridine rings is 1. The van der Waals surface area contributed by atoms with Crippen molar-refractivity contribution in [3.63, 3.8) is 0 Å². The molecule has 5 nitrogen and oxygen atoms in total. The maximum atomic E-state index is 12.2. The van der Waals surface area contributed by atoms with E-state index < -0.39 is 0 Å². The van der Waals surface area contributed by atoms with Crippen LogP contribution in [0, 0.1) is 0 Å². The highest BCUT2D eigenvalue weighted by atomic mass is 35.5. The van der Waals surface area contributed by atoms with Crippen LogP contribution < -0.4 is 10.2 Å². The molecular formula is C16H16ClN3O2. The Bertz CT molecular complexity index is 675. The molecular weight excluding hydrogens is 302 g/mol. The second-order valence-corrected chi connectivity index (χ2v) is 5.69. The summed E-state index contributed by atoms with van der Waals surface area (Å²) in [7, 11) is 0. The number of aliphatic hydroxyl groups is 1. The highest BCUT2D eigenvalue weighted by Crippen LogP contribution is 2.19. The third-order valence-corrected chi connectivity index (χ3v) is 3.82. The average Bonchev–Trinajstić information content (AvgIpc) is 2.94. The van der Waals surface area contributed by atoms with Gasteiger partial charge in [-0.05, 0) is 36.8 Å². The van der Waals surface area contributed by atoms with Crippen LogP contribution in [-0.4, -0.2) is 35.2 Å². The number of hydrogen-bond donors (Lipinski definition) is 2. The Balaban J connectivity index is 1.68. The second kappa shape index (κ2) is 6.34. The van der Waals surface area contributed by atoms with E-state index in [0.29, 0.717) is 22.8 Å². The molecule has 1 fully saturated rings.